The van der Waals surface area contributed by atoms with E-state index >= 15 is 0 Å². The predicted octanol–water partition coefficient (Wildman–Crippen LogP) is 4.25. The van der Waals surface area contributed by atoms with Crippen molar-refractivity contribution in [3.63, 3.8) is 0 Å². The number of piperidine rings is 1. The zero-order chi connectivity index (χ0) is 18.7. The van der Waals surface area contributed by atoms with Crippen LogP contribution in [-0.4, -0.2) is 39.1 Å². The molecule has 0 aromatic carbocycles. The van der Waals surface area contributed by atoms with Gasteiger partial charge >= 0.3 is 6.18 Å². The molecule has 26 heavy (non-hydrogen) atoms. The third kappa shape index (κ3) is 4.38. The fourth-order valence-electron chi connectivity index (χ4n) is 2.86. The molecule has 0 N–H and O–H groups in total. The van der Waals surface area contributed by atoms with Gasteiger partial charge in [0, 0.05) is 12.6 Å². The maximum absolute atomic E-state index is 13.1. The van der Waals surface area contributed by atoms with Crippen LogP contribution in [0.2, 0.25) is 0 Å². The van der Waals surface area contributed by atoms with Gasteiger partial charge in [-0.1, -0.05) is 11.8 Å². The van der Waals surface area contributed by atoms with E-state index in [4.69, 9.17) is 4.42 Å². The molecule has 0 saturated carbocycles. The van der Waals surface area contributed by atoms with Gasteiger partial charge in [0.2, 0.25) is 5.91 Å². The number of carbonyl (C=O) groups is 1. The maximum Gasteiger partial charge on any atom is 0.433 e. The standard InChI is InChI=1S/C17H18F3N3O2S/c1-11-5-2-3-7-23(11)15(24)10-26-16-21-12(13-6-4-8-25-13)9-14(22-16)17(18,19)20/h4,6,8-9,11H,2-3,5,7,10H2,1H3/t11-/m1/s1. The van der Waals surface area contributed by atoms with Gasteiger partial charge in [-0.2, -0.15) is 13.2 Å². The molecule has 9 heteroatoms. The molecule has 3 heterocycles. The van der Waals surface area contributed by atoms with Crippen molar-refractivity contribution in [3.8, 4) is 11.5 Å². The number of rotatable bonds is 4. The van der Waals surface area contributed by atoms with Crippen LogP contribution < -0.4 is 0 Å². The molecule has 0 spiro atoms. The monoisotopic (exact) mass is 385 g/mol. The van der Waals surface area contributed by atoms with E-state index in [9.17, 15) is 18.0 Å². The first-order chi connectivity index (χ1) is 12.3. The van der Waals surface area contributed by atoms with Crippen LogP contribution in [0.4, 0.5) is 13.2 Å². The summed E-state index contributed by atoms with van der Waals surface area (Å²) in [7, 11) is 0. The van der Waals surface area contributed by atoms with Crippen molar-refractivity contribution in [3.05, 3.63) is 30.2 Å². The number of aromatic nitrogens is 2. The van der Waals surface area contributed by atoms with E-state index in [0.29, 0.717) is 6.54 Å². The largest absolute Gasteiger partial charge is 0.463 e. The van der Waals surface area contributed by atoms with E-state index in [1.807, 2.05) is 6.92 Å². The number of nitrogens with zero attached hydrogens (tertiary/aromatic N) is 3. The van der Waals surface area contributed by atoms with Crippen LogP contribution >= 0.6 is 11.8 Å². The Morgan fingerprint density at radius 3 is 2.85 bits per heavy atom. The van der Waals surface area contributed by atoms with E-state index in [0.717, 1.165) is 37.1 Å². The molecule has 0 radical (unpaired) electrons. The normalized spacial score (nSPS) is 18.2. The highest BCUT2D eigenvalue weighted by Crippen LogP contribution is 2.32. The molecule has 1 fully saturated rings. The maximum atomic E-state index is 13.1. The molecule has 2 aromatic heterocycles. The van der Waals surface area contributed by atoms with E-state index in [2.05, 4.69) is 9.97 Å². The SMILES string of the molecule is C[C@@H]1CCCCN1C(=O)CSc1nc(-c2ccco2)cc(C(F)(F)F)n1. The molecule has 1 amide bonds. The first-order valence-electron chi connectivity index (χ1n) is 8.27. The lowest BCUT2D eigenvalue weighted by Crippen LogP contribution is -2.42. The van der Waals surface area contributed by atoms with Crippen molar-refractivity contribution < 1.29 is 22.4 Å². The zero-order valence-corrected chi connectivity index (χ0v) is 14.9. The number of thioether (sulfide) groups is 1. The second-order valence-corrected chi connectivity index (χ2v) is 7.06. The molecule has 1 aliphatic rings. The Labute approximate surface area is 153 Å². The average molecular weight is 385 g/mol. The van der Waals surface area contributed by atoms with Gasteiger partial charge in [-0.3, -0.25) is 4.79 Å². The topological polar surface area (TPSA) is 59.2 Å². The number of furan rings is 1. The fraction of sp³-hybridized carbons (Fsp3) is 0.471. The van der Waals surface area contributed by atoms with Crippen LogP contribution in [0.15, 0.2) is 34.0 Å². The third-order valence-electron chi connectivity index (χ3n) is 4.22. The minimum absolute atomic E-state index is 0.00322. The number of hydrogen-bond donors (Lipinski definition) is 0. The molecule has 0 bridgehead atoms. The van der Waals surface area contributed by atoms with Gasteiger partial charge in [0.25, 0.3) is 0 Å². The summed E-state index contributed by atoms with van der Waals surface area (Å²) in [6, 6.07) is 4.09. The molecule has 1 atom stereocenters. The number of amides is 1. The van der Waals surface area contributed by atoms with Crippen molar-refractivity contribution >= 4 is 17.7 Å². The Bertz CT molecular complexity index is 765. The van der Waals surface area contributed by atoms with Crippen LogP contribution in [-0.2, 0) is 11.0 Å². The van der Waals surface area contributed by atoms with Crippen molar-refractivity contribution in [2.75, 3.05) is 12.3 Å². The van der Waals surface area contributed by atoms with Crippen LogP contribution in [0.3, 0.4) is 0 Å². The highest BCUT2D eigenvalue weighted by Gasteiger charge is 2.34. The molecule has 0 unspecified atom stereocenters. The van der Waals surface area contributed by atoms with E-state index in [1.54, 1.807) is 11.0 Å². The lowest BCUT2D eigenvalue weighted by molar-refractivity contribution is -0.141. The summed E-state index contributed by atoms with van der Waals surface area (Å²) in [6.45, 7) is 2.67. The fourth-order valence-corrected chi connectivity index (χ4v) is 3.61. The lowest BCUT2D eigenvalue weighted by atomic mass is 10.0. The van der Waals surface area contributed by atoms with Crippen LogP contribution in [0.1, 0.15) is 31.9 Å². The molecule has 1 saturated heterocycles. The van der Waals surface area contributed by atoms with Crippen molar-refractivity contribution in [2.45, 2.75) is 43.6 Å². The van der Waals surface area contributed by atoms with Crippen molar-refractivity contribution in [1.29, 1.82) is 0 Å². The first kappa shape index (κ1) is 18.8. The minimum Gasteiger partial charge on any atom is -0.463 e. The molecule has 3 rings (SSSR count). The number of likely N-dealkylation sites (tertiary alicyclic amines) is 1. The minimum atomic E-state index is -4.61. The van der Waals surface area contributed by atoms with E-state index < -0.39 is 11.9 Å². The van der Waals surface area contributed by atoms with Gasteiger partial charge in [0.15, 0.2) is 10.9 Å². The number of halogens is 3. The molecular formula is C17H18F3N3O2S. The number of carbonyl (C=O) groups excluding carboxylic acids is 1. The third-order valence-corrected chi connectivity index (χ3v) is 5.05. The van der Waals surface area contributed by atoms with E-state index in [1.165, 1.54) is 12.3 Å². The highest BCUT2D eigenvalue weighted by molar-refractivity contribution is 7.99. The van der Waals surface area contributed by atoms with Crippen LogP contribution in [0.25, 0.3) is 11.5 Å². The Kier molecular flexibility index (Phi) is 5.55. The molecule has 0 aliphatic carbocycles. The molecular weight excluding hydrogens is 367 g/mol. The van der Waals surface area contributed by atoms with Crippen LogP contribution in [0.5, 0.6) is 0 Å². The van der Waals surface area contributed by atoms with Gasteiger partial charge in [-0.25, -0.2) is 9.97 Å². The van der Waals surface area contributed by atoms with Gasteiger partial charge in [-0.05, 0) is 44.4 Å². The Morgan fingerprint density at radius 2 is 2.19 bits per heavy atom. The summed E-state index contributed by atoms with van der Waals surface area (Å²) in [5.74, 6) is 0.113. The van der Waals surface area contributed by atoms with E-state index in [-0.39, 0.29) is 34.3 Å². The van der Waals surface area contributed by atoms with Gasteiger partial charge in [-0.15, -0.1) is 0 Å². The Balaban J connectivity index is 1.78. The smallest absolute Gasteiger partial charge is 0.433 e. The quantitative estimate of drug-likeness (QED) is 0.582. The summed E-state index contributed by atoms with van der Waals surface area (Å²) in [5.41, 5.74) is -1.01. The Hall–Kier alpha value is -2.03. The molecule has 1 aliphatic heterocycles. The number of alkyl halides is 3. The Morgan fingerprint density at radius 1 is 1.38 bits per heavy atom. The summed E-state index contributed by atoms with van der Waals surface area (Å²) in [5, 5.41) is -0.0933. The van der Waals surface area contributed by atoms with Crippen molar-refractivity contribution in [1.82, 2.24) is 14.9 Å². The summed E-state index contributed by atoms with van der Waals surface area (Å²) in [6.07, 6.45) is -0.270. The average Bonchev–Trinajstić information content (AvgIpc) is 3.14. The molecule has 140 valence electrons. The summed E-state index contributed by atoms with van der Waals surface area (Å²) in [4.78, 5) is 21.8. The predicted molar refractivity (Wildman–Crippen MR) is 90.5 cm³/mol. The molecule has 2 aromatic rings. The summed E-state index contributed by atoms with van der Waals surface area (Å²) >= 11 is 0.911. The zero-order valence-electron chi connectivity index (χ0n) is 14.1. The number of hydrogen-bond acceptors (Lipinski definition) is 5. The van der Waals surface area contributed by atoms with Gasteiger partial charge in [0.1, 0.15) is 11.4 Å². The van der Waals surface area contributed by atoms with Gasteiger partial charge < -0.3 is 9.32 Å². The summed E-state index contributed by atoms with van der Waals surface area (Å²) < 4.78 is 44.5. The van der Waals surface area contributed by atoms with Crippen molar-refractivity contribution in [2.24, 2.45) is 0 Å². The van der Waals surface area contributed by atoms with Crippen LogP contribution in [0, 0.1) is 0 Å². The second kappa shape index (κ2) is 7.69. The highest BCUT2D eigenvalue weighted by atomic mass is 32.2. The second-order valence-electron chi connectivity index (χ2n) is 6.12. The first-order valence-corrected chi connectivity index (χ1v) is 9.25. The van der Waals surface area contributed by atoms with Gasteiger partial charge in [0.05, 0.1) is 12.0 Å². The lowest BCUT2D eigenvalue weighted by Gasteiger charge is -2.33. The molecule has 5 nitrogen and oxygen atoms in total.